The molecule has 0 saturated carbocycles. The molecule has 0 aliphatic rings. The Balaban J connectivity index is 2.08. The summed E-state index contributed by atoms with van der Waals surface area (Å²) in [5.41, 5.74) is -1.20. The van der Waals surface area contributed by atoms with Crippen LogP contribution in [0.2, 0.25) is 0 Å². The summed E-state index contributed by atoms with van der Waals surface area (Å²) >= 11 is 0. The largest absolute Gasteiger partial charge is 0.417 e. The number of nitriles is 1. The fraction of sp³-hybridized carbons (Fsp3) is 0.158. The number of nitrogens with zero attached hydrogens (tertiary/aromatic N) is 2. The van der Waals surface area contributed by atoms with Crippen molar-refractivity contribution >= 4 is 26.6 Å². The van der Waals surface area contributed by atoms with Crippen molar-refractivity contribution in [2.45, 2.75) is 17.5 Å². The number of anilines is 1. The topological polar surface area (TPSA) is 92.0 Å². The summed E-state index contributed by atoms with van der Waals surface area (Å²) < 4.78 is 68.7. The van der Waals surface area contributed by atoms with E-state index >= 15 is 0 Å². The highest BCUT2D eigenvalue weighted by Crippen LogP contribution is 2.34. The van der Waals surface area contributed by atoms with Crippen LogP contribution in [0, 0.1) is 11.3 Å². The third-order valence-electron chi connectivity index (χ3n) is 4.32. The van der Waals surface area contributed by atoms with E-state index in [-0.39, 0.29) is 22.5 Å². The Hall–Kier alpha value is -3.32. The highest BCUT2D eigenvalue weighted by molar-refractivity contribution is 7.92. The predicted octanol–water partition coefficient (Wildman–Crippen LogP) is 3.42. The van der Waals surface area contributed by atoms with E-state index in [1.54, 1.807) is 12.1 Å². The Morgan fingerprint density at radius 3 is 2.34 bits per heavy atom. The summed E-state index contributed by atoms with van der Waals surface area (Å²) in [6.07, 6.45) is -4.66. The molecule has 1 N–H and O–H groups in total. The number of hydrogen-bond donors (Lipinski definition) is 1. The molecular weight excluding hydrogens is 407 g/mol. The van der Waals surface area contributed by atoms with Gasteiger partial charge in [0.1, 0.15) is 0 Å². The quantitative estimate of drug-likeness (QED) is 0.699. The number of halogens is 3. The smallest absolute Gasteiger partial charge is 0.311 e. The molecule has 0 atom stereocenters. The average Bonchev–Trinajstić information content (AvgIpc) is 2.65. The van der Waals surface area contributed by atoms with Gasteiger partial charge in [0.15, 0.2) is 0 Å². The number of aryl methyl sites for hydroxylation is 1. The minimum atomic E-state index is -4.82. The third-order valence-corrected chi connectivity index (χ3v) is 5.70. The number of aromatic nitrogens is 1. The van der Waals surface area contributed by atoms with E-state index in [4.69, 9.17) is 5.26 Å². The normalized spacial score (nSPS) is 12.0. The van der Waals surface area contributed by atoms with Crippen LogP contribution in [0.4, 0.5) is 18.9 Å². The Morgan fingerprint density at radius 1 is 1.10 bits per heavy atom. The summed E-state index contributed by atoms with van der Waals surface area (Å²) in [6.45, 7) is 0. The van der Waals surface area contributed by atoms with Gasteiger partial charge < -0.3 is 4.57 Å². The Labute approximate surface area is 163 Å². The number of rotatable bonds is 4. The molecule has 10 heteroatoms. The second-order valence-corrected chi connectivity index (χ2v) is 7.95. The molecular formula is C19H14F3N3O3S. The van der Waals surface area contributed by atoms with Crippen molar-refractivity contribution in [2.24, 2.45) is 7.05 Å². The van der Waals surface area contributed by atoms with Crippen molar-refractivity contribution in [1.82, 2.24) is 4.57 Å². The molecule has 3 aromatic rings. The number of hydrogen-bond acceptors (Lipinski definition) is 4. The van der Waals surface area contributed by atoms with Crippen LogP contribution in [0.15, 0.2) is 58.2 Å². The van der Waals surface area contributed by atoms with Gasteiger partial charge in [-0.25, -0.2) is 8.42 Å². The zero-order chi connectivity index (χ0) is 21.4. The minimum absolute atomic E-state index is 0.0374. The van der Waals surface area contributed by atoms with Crippen molar-refractivity contribution in [2.75, 3.05) is 4.72 Å². The molecule has 1 heterocycles. The van der Waals surface area contributed by atoms with E-state index in [9.17, 15) is 26.4 Å². The van der Waals surface area contributed by atoms with Crippen LogP contribution in [0.25, 0.3) is 10.9 Å². The molecule has 3 rings (SSSR count). The first-order valence-corrected chi connectivity index (χ1v) is 9.71. The molecule has 0 aliphatic carbocycles. The molecule has 0 aliphatic heterocycles. The summed E-state index contributed by atoms with van der Waals surface area (Å²) in [5, 5.41) is 8.27. The van der Waals surface area contributed by atoms with Crippen LogP contribution < -0.4 is 10.3 Å². The van der Waals surface area contributed by atoms with E-state index in [0.29, 0.717) is 11.6 Å². The molecule has 0 saturated heterocycles. The van der Waals surface area contributed by atoms with Gasteiger partial charge >= 0.3 is 6.18 Å². The monoisotopic (exact) mass is 421 g/mol. The second-order valence-electron chi connectivity index (χ2n) is 6.27. The van der Waals surface area contributed by atoms with Crippen molar-refractivity contribution < 1.29 is 21.6 Å². The fourth-order valence-electron chi connectivity index (χ4n) is 2.84. The molecule has 150 valence electrons. The number of pyridine rings is 1. The van der Waals surface area contributed by atoms with Gasteiger partial charge in [-0.2, -0.15) is 18.4 Å². The van der Waals surface area contributed by atoms with Crippen molar-refractivity contribution in [1.29, 1.82) is 5.26 Å². The van der Waals surface area contributed by atoms with Crippen LogP contribution in [-0.2, 0) is 29.7 Å². The van der Waals surface area contributed by atoms with E-state index < -0.39 is 32.7 Å². The number of benzene rings is 2. The number of nitrogens with one attached hydrogen (secondary N) is 1. The number of sulfonamides is 1. The molecule has 29 heavy (non-hydrogen) atoms. The second kappa shape index (κ2) is 7.25. The number of fused-ring (bicyclic) bond motifs is 1. The predicted molar refractivity (Wildman–Crippen MR) is 101 cm³/mol. The lowest BCUT2D eigenvalue weighted by Crippen LogP contribution is -2.21. The van der Waals surface area contributed by atoms with Crippen molar-refractivity contribution in [3.8, 4) is 6.07 Å². The van der Waals surface area contributed by atoms with Gasteiger partial charge in [0, 0.05) is 24.2 Å². The van der Waals surface area contributed by atoms with Crippen LogP contribution in [0.1, 0.15) is 11.1 Å². The molecule has 6 nitrogen and oxygen atoms in total. The van der Waals surface area contributed by atoms with E-state index in [1.165, 1.54) is 19.2 Å². The minimum Gasteiger partial charge on any atom is -0.311 e. The third kappa shape index (κ3) is 4.09. The average molecular weight is 421 g/mol. The van der Waals surface area contributed by atoms with E-state index in [0.717, 1.165) is 22.8 Å². The van der Waals surface area contributed by atoms with Gasteiger partial charge in [-0.3, -0.25) is 9.52 Å². The highest BCUT2D eigenvalue weighted by atomic mass is 32.2. The Bertz CT molecular complexity index is 1290. The summed E-state index contributed by atoms with van der Waals surface area (Å²) in [4.78, 5) is 11.4. The molecule has 0 bridgehead atoms. The Morgan fingerprint density at radius 2 is 1.76 bits per heavy atom. The van der Waals surface area contributed by atoms with Gasteiger partial charge in [0.05, 0.1) is 28.5 Å². The molecule has 0 radical (unpaired) electrons. The van der Waals surface area contributed by atoms with Gasteiger partial charge in [0.25, 0.3) is 15.6 Å². The first-order valence-electron chi connectivity index (χ1n) is 8.22. The maximum absolute atomic E-state index is 13.4. The van der Waals surface area contributed by atoms with Crippen LogP contribution in [0.3, 0.4) is 0 Å². The molecule has 0 amide bonds. The first-order chi connectivity index (χ1) is 13.5. The van der Waals surface area contributed by atoms with Gasteiger partial charge in [-0.05, 0) is 35.9 Å². The van der Waals surface area contributed by atoms with Crippen molar-refractivity contribution in [3.63, 3.8) is 0 Å². The number of alkyl halides is 3. The zero-order valence-corrected chi connectivity index (χ0v) is 15.8. The standard InChI is InChI=1S/C19H14F3N3O3S/c1-25-17-7-6-14(10-15(17)16(11-18(25)26)19(20,21)22)29(27,28)24-13-4-2-12(3-5-13)8-9-23/h2-7,10-11,24H,8H2,1H3. The SMILES string of the molecule is Cn1c(=O)cc(C(F)(F)F)c2cc(S(=O)(=O)Nc3ccc(CC#N)cc3)ccc21. The zero-order valence-electron chi connectivity index (χ0n) is 15.0. The maximum atomic E-state index is 13.4. The summed E-state index contributed by atoms with van der Waals surface area (Å²) in [5.74, 6) is 0. The molecule has 1 aromatic heterocycles. The summed E-state index contributed by atoms with van der Waals surface area (Å²) in [6, 6.07) is 11.6. The summed E-state index contributed by atoms with van der Waals surface area (Å²) in [7, 11) is -2.88. The molecule has 2 aromatic carbocycles. The van der Waals surface area contributed by atoms with Crippen molar-refractivity contribution in [3.05, 3.63) is 70.0 Å². The highest BCUT2D eigenvalue weighted by Gasteiger charge is 2.34. The van der Waals surface area contributed by atoms with Gasteiger partial charge in [-0.15, -0.1) is 0 Å². The lowest BCUT2D eigenvalue weighted by Gasteiger charge is -2.14. The Kier molecular flexibility index (Phi) is 5.11. The molecule has 0 unspecified atom stereocenters. The lowest BCUT2D eigenvalue weighted by atomic mass is 10.1. The molecule has 0 fully saturated rings. The van der Waals surface area contributed by atoms with Crippen LogP contribution in [0.5, 0.6) is 0 Å². The lowest BCUT2D eigenvalue weighted by molar-refractivity contribution is -0.136. The fourth-order valence-corrected chi connectivity index (χ4v) is 3.92. The van der Waals surface area contributed by atoms with Crippen LogP contribution >= 0.6 is 0 Å². The van der Waals surface area contributed by atoms with Gasteiger partial charge in [-0.1, -0.05) is 12.1 Å². The van der Waals surface area contributed by atoms with Crippen LogP contribution in [-0.4, -0.2) is 13.0 Å². The van der Waals surface area contributed by atoms with E-state index in [2.05, 4.69) is 4.72 Å². The van der Waals surface area contributed by atoms with Gasteiger partial charge in [0.2, 0.25) is 0 Å². The van der Waals surface area contributed by atoms with E-state index in [1.807, 2.05) is 6.07 Å². The first kappa shape index (κ1) is 20.4. The maximum Gasteiger partial charge on any atom is 0.417 e. The molecule has 0 spiro atoms.